The van der Waals surface area contributed by atoms with Gasteiger partial charge in [-0.2, -0.15) is 0 Å². The summed E-state index contributed by atoms with van der Waals surface area (Å²) in [6.45, 7) is 8.61. The van der Waals surface area contributed by atoms with E-state index in [0.29, 0.717) is 11.8 Å². The van der Waals surface area contributed by atoms with Crippen LogP contribution < -0.4 is 0 Å². The van der Waals surface area contributed by atoms with Crippen molar-refractivity contribution in [2.45, 2.75) is 33.6 Å². The zero-order valence-corrected chi connectivity index (χ0v) is 10.8. The first-order valence-corrected chi connectivity index (χ1v) is 5.97. The summed E-state index contributed by atoms with van der Waals surface area (Å²) in [7, 11) is 0. The molecule has 2 aromatic rings. The molecular weight excluding hydrogens is 212 g/mol. The fourth-order valence-electron chi connectivity index (χ4n) is 1.96. The molecule has 17 heavy (non-hydrogen) atoms. The van der Waals surface area contributed by atoms with Gasteiger partial charge in [-0.15, -0.1) is 0 Å². The van der Waals surface area contributed by atoms with Crippen LogP contribution in [0.5, 0.6) is 0 Å². The molecule has 2 aromatic heterocycles. The summed E-state index contributed by atoms with van der Waals surface area (Å²) in [5, 5.41) is 4.17. The molecule has 0 bridgehead atoms. The smallest absolute Gasteiger partial charge is 0.137 e. The van der Waals surface area contributed by atoms with Crippen LogP contribution in [0.1, 0.15) is 38.0 Å². The first kappa shape index (κ1) is 11.8. The molecular formula is C14H18N2O. The molecule has 0 fully saturated rings. The minimum absolute atomic E-state index is 0.427. The van der Waals surface area contributed by atoms with E-state index in [-0.39, 0.29) is 0 Å². The lowest BCUT2D eigenvalue weighted by molar-refractivity contribution is 0.395. The van der Waals surface area contributed by atoms with Gasteiger partial charge in [0.05, 0.1) is 0 Å². The van der Waals surface area contributed by atoms with Crippen LogP contribution >= 0.6 is 0 Å². The minimum atomic E-state index is 0.427. The average Bonchev–Trinajstić information content (AvgIpc) is 2.71. The lowest BCUT2D eigenvalue weighted by Gasteiger charge is -2.15. The highest BCUT2D eigenvalue weighted by Crippen LogP contribution is 2.34. The average molecular weight is 230 g/mol. The van der Waals surface area contributed by atoms with Crippen molar-refractivity contribution in [3.8, 4) is 11.3 Å². The van der Waals surface area contributed by atoms with Gasteiger partial charge < -0.3 is 4.52 Å². The monoisotopic (exact) mass is 230 g/mol. The van der Waals surface area contributed by atoms with E-state index in [2.05, 4.69) is 30.9 Å². The van der Waals surface area contributed by atoms with Gasteiger partial charge in [0.1, 0.15) is 11.5 Å². The molecule has 0 spiro atoms. The second-order valence-corrected chi connectivity index (χ2v) is 4.78. The van der Waals surface area contributed by atoms with E-state index in [1.54, 1.807) is 6.20 Å². The number of hydrogen-bond acceptors (Lipinski definition) is 3. The molecule has 90 valence electrons. The van der Waals surface area contributed by atoms with Gasteiger partial charge in [0.15, 0.2) is 0 Å². The van der Waals surface area contributed by atoms with E-state index in [1.807, 2.05) is 25.3 Å². The van der Waals surface area contributed by atoms with Crippen LogP contribution in [0.15, 0.2) is 29.0 Å². The van der Waals surface area contributed by atoms with Crippen LogP contribution in [0.25, 0.3) is 11.3 Å². The second kappa shape index (κ2) is 4.70. The van der Waals surface area contributed by atoms with Crippen LogP contribution in [0, 0.1) is 12.8 Å². The van der Waals surface area contributed by atoms with E-state index < -0.39 is 0 Å². The van der Waals surface area contributed by atoms with Crippen molar-refractivity contribution < 1.29 is 4.52 Å². The SMILES string of the molecule is Cc1onc(-c2cccnc2)c1C(C)C(C)C. The van der Waals surface area contributed by atoms with Gasteiger partial charge in [0.25, 0.3) is 0 Å². The zero-order chi connectivity index (χ0) is 12.4. The van der Waals surface area contributed by atoms with Crippen molar-refractivity contribution in [3.05, 3.63) is 35.9 Å². The van der Waals surface area contributed by atoms with E-state index in [4.69, 9.17) is 4.52 Å². The van der Waals surface area contributed by atoms with E-state index >= 15 is 0 Å². The third-order valence-electron chi connectivity index (χ3n) is 3.30. The number of aromatic nitrogens is 2. The summed E-state index contributed by atoms with van der Waals surface area (Å²) in [5.41, 5.74) is 3.15. The molecule has 0 amide bonds. The summed E-state index contributed by atoms with van der Waals surface area (Å²) in [5.74, 6) is 1.89. The Balaban J connectivity index is 2.50. The van der Waals surface area contributed by atoms with Crippen molar-refractivity contribution in [1.82, 2.24) is 10.1 Å². The predicted molar refractivity (Wildman–Crippen MR) is 67.7 cm³/mol. The summed E-state index contributed by atoms with van der Waals surface area (Å²) in [4.78, 5) is 4.13. The van der Waals surface area contributed by atoms with Gasteiger partial charge in [-0.1, -0.05) is 25.9 Å². The maximum absolute atomic E-state index is 5.34. The molecule has 0 aromatic carbocycles. The number of pyridine rings is 1. The van der Waals surface area contributed by atoms with E-state index in [0.717, 1.165) is 17.0 Å². The normalized spacial score (nSPS) is 13.0. The van der Waals surface area contributed by atoms with Crippen LogP contribution in [0.4, 0.5) is 0 Å². The van der Waals surface area contributed by atoms with E-state index in [9.17, 15) is 0 Å². The molecule has 0 saturated heterocycles. The molecule has 1 unspecified atom stereocenters. The van der Waals surface area contributed by atoms with Gasteiger partial charge >= 0.3 is 0 Å². The summed E-state index contributed by atoms with van der Waals surface area (Å²) in [6, 6.07) is 3.93. The number of nitrogens with zero attached hydrogens (tertiary/aromatic N) is 2. The summed E-state index contributed by atoms with van der Waals surface area (Å²) < 4.78 is 5.34. The number of hydrogen-bond donors (Lipinski definition) is 0. The van der Waals surface area contributed by atoms with Crippen molar-refractivity contribution >= 4 is 0 Å². The summed E-state index contributed by atoms with van der Waals surface area (Å²) in [6.07, 6.45) is 3.59. The van der Waals surface area contributed by atoms with E-state index in [1.165, 1.54) is 5.56 Å². The number of rotatable bonds is 3. The van der Waals surface area contributed by atoms with Crippen LogP contribution in [-0.2, 0) is 0 Å². The Kier molecular flexibility index (Phi) is 3.27. The molecule has 1 atom stereocenters. The Hall–Kier alpha value is -1.64. The molecule has 0 saturated carbocycles. The van der Waals surface area contributed by atoms with Crippen molar-refractivity contribution in [1.29, 1.82) is 0 Å². The molecule has 3 nitrogen and oxygen atoms in total. The Labute approximate surface area is 102 Å². The zero-order valence-electron chi connectivity index (χ0n) is 10.8. The first-order chi connectivity index (χ1) is 8.11. The third-order valence-corrected chi connectivity index (χ3v) is 3.30. The maximum atomic E-state index is 5.34. The molecule has 3 heteroatoms. The Bertz CT molecular complexity index is 488. The third kappa shape index (κ3) is 2.23. The Morgan fingerprint density at radius 3 is 2.59 bits per heavy atom. The predicted octanol–water partition coefficient (Wildman–Crippen LogP) is 3.80. The van der Waals surface area contributed by atoms with Gasteiger partial charge in [0, 0.05) is 23.5 Å². The van der Waals surface area contributed by atoms with Gasteiger partial charge in [-0.25, -0.2) is 0 Å². The molecule has 0 aliphatic heterocycles. The Morgan fingerprint density at radius 1 is 1.24 bits per heavy atom. The van der Waals surface area contributed by atoms with Crippen molar-refractivity contribution in [3.63, 3.8) is 0 Å². The molecule has 0 N–H and O–H groups in total. The second-order valence-electron chi connectivity index (χ2n) is 4.78. The lowest BCUT2D eigenvalue weighted by atomic mass is 9.88. The fraction of sp³-hybridized carbons (Fsp3) is 0.429. The largest absolute Gasteiger partial charge is 0.361 e. The fourth-order valence-corrected chi connectivity index (χ4v) is 1.96. The van der Waals surface area contributed by atoms with Crippen LogP contribution in [0.2, 0.25) is 0 Å². The molecule has 0 aliphatic carbocycles. The Morgan fingerprint density at radius 2 is 2.00 bits per heavy atom. The molecule has 0 aliphatic rings. The van der Waals surface area contributed by atoms with Crippen molar-refractivity contribution in [2.24, 2.45) is 5.92 Å². The van der Waals surface area contributed by atoms with Crippen molar-refractivity contribution in [2.75, 3.05) is 0 Å². The first-order valence-electron chi connectivity index (χ1n) is 5.97. The standard InChI is InChI=1S/C14H18N2O/c1-9(2)10(3)13-11(4)17-16-14(13)12-6-5-7-15-8-12/h5-10H,1-4H3. The van der Waals surface area contributed by atoms with Gasteiger partial charge in [-0.05, 0) is 30.9 Å². The molecule has 2 heterocycles. The van der Waals surface area contributed by atoms with Gasteiger partial charge in [-0.3, -0.25) is 4.98 Å². The highest BCUT2D eigenvalue weighted by Gasteiger charge is 2.22. The minimum Gasteiger partial charge on any atom is -0.361 e. The van der Waals surface area contributed by atoms with Crippen LogP contribution in [0.3, 0.4) is 0 Å². The lowest BCUT2D eigenvalue weighted by Crippen LogP contribution is -2.04. The molecule has 2 rings (SSSR count). The maximum Gasteiger partial charge on any atom is 0.137 e. The van der Waals surface area contributed by atoms with Crippen LogP contribution in [-0.4, -0.2) is 10.1 Å². The summed E-state index contributed by atoms with van der Waals surface area (Å²) >= 11 is 0. The topological polar surface area (TPSA) is 38.9 Å². The highest BCUT2D eigenvalue weighted by molar-refractivity contribution is 5.63. The highest BCUT2D eigenvalue weighted by atomic mass is 16.5. The van der Waals surface area contributed by atoms with Gasteiger partial charge in [0.2, 0.25) is 0 Å². The quantitative estimate of drug-likeness (QED) is 0.805. The number of aryl methyl sites for hydroxylation is 1. The molecule has 0 radical (unpaired) electrons.